The summed E-state index contributed by atoms with van der Waals surface area (Å²) in [4.78, 5) is 31.9. The van der Waals surface area contributed by atoms with Crippen molar-refractivity contribution >= 4 is 60.1 Å². The van der Waals surface area contributed by atoms with Gasteiger partial charge < -0.3 is 9.88 Å². The van der Waals surface area contributed by atoms with Gasteiger partial charge in [-0.05, 0) is 48.5 Å². The lowest BCUT2D eigenvalue weighted by atomic mass is 10.2. The fraction of sp³-hybridized carbons (Fsp3) is 0.240. The predicted molar refractivity (Wildman–Crippen MR) is 148 cm³/mol. The molecular formula is C25H25ClN6O4S2. The van der Waals surface area contributed by atoms with Crippen molar-refractivity contribution in [3.63, 3.8) is 0 Å². The molecule has 10 nitrogen and oxygen atoms in total. The van der Waals surface area contributed by atoms with Gasteiger partial charge in [-0.25, -0.2) is 18.2 Å². The van der Waals surface area contributed by atoms with E-state index >= 15 is 0 Å². The zero-order chi connectivity index (χ0) is 26.7. The first-order valence-corrected chi connectivity index (χ1v) is 14.7. The summed E-state index contributed by atoms with van der Waals surface area (Å²) >= 11 is 7.32. The van der Waals surface area contributed by atoms with Crippen LogP contribution in [-0.4, -0.2) is 73.3 Å². The Bertz CT molecular complexity index is 1580. The van der Waals surface area contributed by atoms with E-state index in [-0.39, 0.29) is 26.4 Å². The molecule has 1 aliphatic heterocycles. The van der Waals surface area contributed by atoms with Gasteiger partial charge in [0, 0.05) is 50.8 Å². The quantitative estimate of drug-likeness (QED) is 0.310. The molecule has 2 aromatic heterocycles. The van der Waals surface area contributed by atoms with E-state index in [1.165, 1.54) is 6.07 Å². The summed E-state index contributed by atoms with van der Waals surface area (Å²) in [5.41, 5.74) is 1.41. The number of sulfone groups is 1. The number of hydrogen-bond donors (Lipinski definition) is 3. The van der Waals surface area contributed by atoms with Crippen molar-refractivity contribution in [1.29, 1.82) is 0 Å². The van der Waals surface area contributed by atoms with Crippen molar-refractivity contribution in [3.8, 4) is 5.69 Å². The second kappa shape index (κ2) is 11.2. The molecule has 3 N–H and O–H groups in total. The number of carbonyl (C=O) groups excluding carboxylic acids is 2. The molecule has 0 unspecified atom stereocenters. The van der Waals surface area contributed by atoms with E-state index in [0.717, 1.165) is 43.2 Å². The van der Waals surface area contributed by atoms with Gasteiger partial charge in [0.1, 0.15) is 0 Å². The van der Waals surface area contributed by atoms with Crippen molar-refractivity contribution in [3.05, 3.63) is 71.5 Å². The second-order valence-electron chi connectivity index (χ2n) is 8.72. The lowest BCUT2D eigenvalue weighted by Crippen LogP contribution is -2.45. The second-order valence-corrected chi connectivity index (χ2v) is 12.3. The van der Waals surface area contributed by atoms with E-state index in [1.807, 2.05) is 29.1 Å². The van der Waals surface area contributed by atoms with Crippen molar-refractivity contribution in [2.45, 2.75) is 4.90 Å². The third kappa shape index (κ3) is 6.05. The summed E-state index contributed by atoms with van der Waals surface area (Å²) < 4.78 is 28.2. The number of halogens is 1. The number of rotatable bonds is 7. The Morgan fingerprint density at radius 1 is 1.08 bits per heavy atom. The number of nitrogens with zero attached hydrogens (tertiary/aromatic N) is 3. The summed E-state index contributed by atoms with van der Waals surface area (Å²) in [7, 11) is -3.48. The standard InChI is InChI=1S/C25H25ClN6O4S2/c26-20-5-3-17(32-9-1-2-10-32)15-19(20)23(33)29-24(34)30-25-28-21-6-4-18(16-22(21)37-25)38(35,36)14-13-31-11-7-27-8-12-31/h1-6,9-10,15-16,27H,7-8,11-14H2,(H2,28,29,30,33,34). The van der Waals surface area contributed by atoms with Gasteiger partial charge in [-0.2, -0.15) is 0 Å². The molecule has 1 saturated heterocycles. The fourth-order valence-electron chi connectivity index (χ4n) is 4.11. The third-order valence-corrected chi connectivity index (χ3v) is 9.10. The van der Waals surface area contributed by atoms with Crippen LogP contribution in [0.3, 0.4) is 0 Å². The summed E-state index contributed by atoms with van der Waals surface area (Å²) in [6, 6.07) is 12.6. The number of piperazine rings is 1. The largest absolute Gasteiger partial charge is 0.327 e. The Morgan fingerprint density at radius 2 is 1.84 bits per heavy atom. The molecule has 0 saturated carbocycles. The van der Waals surface area contributed by atoms with Crippen LogP contribution in [0.15, 0.2) is 65.8 Å². The summed E-state index contributed by atoms with van der Waals surface area (Å²) in [5.74, 6) is -0.637. The first-order valence-electron chi connectivity index (χ1n) is 11.9. The Labute approximate surface area is 228 Å². The molecule has 0 atom stereocenters. The van der Waals surface area contributed by atoms with Gasteiger partial charge in [-0.3, -0.25) is 20.3 Å². The van der Waals surface area contributed by atoms with Gasteiger partial charge in [0.2, 0.25) is 0 Å². The van der Waals surface area contributed by atoms with Crippen LogP contribution in [-0.2, 0) is 9.84 Å². The molecule has 4 aromatic rings. The van der Waals surface area contributed by atoms with Gasteiger partial charge in [0.15, 0.2) is 15.0 Å². The van der Waals surface area contributed by atoms with Crippen LogP contribution in [0.1, 0.15) is 10.4 Å². The lowest BCUT2D eigenvalue weighted by Gasteiger charge is -2.26. The average Bonchev–Trinajstić information content (AvgIpc) is 3.58. The van der Waals surface area contributed by atoms with Crippen LogP contribution >= 0.6 is 22.9 Å². The fourth-order valence-corrected chi connectivity index (χ4v) is 6.59. The Kier molecular flexibility index (Phi) is 7.77. The SMILES string of the molecule is O=C(NC(=O)c1cc(-n2cccc2)ccc1Cl)Nc1nc2ccc(S(=O)(=O)CCN3CCNCC3)cc2s1. The Balaban J connectivity index is 1.24. The van der Waals surface area contributed by atoms with Crippen molar-refractivity contribution in [2.75, 3.05) is 43.8 Å². The lowest BCUT2D eigenvalue weighted by molar-refractivity contribution is 0.0967. The first kappa shape index (κ1) is 26.3. The minimum atomic E-state index is -3.48. The molecule has 1 fully saturated rings. The molecule has 0 radical (unpaired) electrons. The van der Waals surface area contributed by atoms with Gasteiger partial charge >= 0.3 is 6.03 Å². The van der Waals surface area contributed by atoms with Crippen molar-refractivity contribution in [2.24, 2.45) is 0 Å². The average molecular weight is 573 g/mol. The Hall–Kier alpha value is -3.29. The highest BCUT2D eigenvalue weighted by Crippen LogP contribution is 2.29. The maximum absolute atomic E-state index is 12.9. The maximum Gasteiger partial charge on any atom is 0.327 e. The van der Waals surface area contributed by atoms with Crippen molar-refractivity contribution in [1.82, 2.24) is 25.1 Å². The van der Waals surface area contributed by atoms with E-state index in [4.69, 9.17) is 11.6 Å². The van der Waals surface area contributed by atoms with E-state index in [2.05, 4.69) is 25.8 Å². The highest BCUT2D eigenvalue weighted by molar-refractivity contribution is 7.91. The van der Waals surface area contributed by atoms with Crippen LogP contribution in [0.4, 0.5) is 9.93 Å². The van der Waals surface area contributed by atoms with E-state index in [9.17, 15) is 18.0 Å². The van der Waals surface area contributed by atoms with Crippen LogP contribution in [0, 0.1) is 0 Å². The van der Waals surface area contributed by atoms with Gasteiger partial charge in [0.05, 0.1) is 31.5 Å². The summed E-state index contributed by atoms with van der Waals surface area (Å²) in [6.07, 6.45) is 3.65. The predicted octanol–water partition coefficient (Wildman–Crippen LogP) is 3.38. The molecule has 5 rings (SSSR count). The number of urea groups is 1. The zero-order valence-corrected chi connectivity index (χ0v) is 22.6. The number of nitrogens with one attached hydrogen (secondary N) is 3. The number of anilines is 1. The molecule has 38 heavy (non-hydrogen) atoms. The number of hydrogen-bond acceptors (Lipinski definition) is 8. The number of thiazole rings is 1. The van der Waals surface area contributed by atoms with Gasteiger partial charge in [-0.15, -0.1) is 0 Å². The first-order chi connectivity index (χ1) is 18.3. The monoisotopic (exact) mass is 572 g/mol. The van der Waals surface area contributed by atoms with Gasteiger partial charge in [0.25, 0.3) is 5.91 Å². The molecule has 2 aromatic carbocycles. The zero-order valence-electron chi connectivity index (χ0n) is 20.2. The van der Waals surface area contributed by atoms with Crippen LogP contribution < -0.4 is 16.0 Å². The molecule has 0 bridgehead atoms. The van der Waals surface area contributed by atoms with Crippen molar-refractivity contribution < 1.29 is 18.0 Å². The molecule has 198 valence electrons. The topological polar surface area (TPSA) is 125 Å². The van der Waals surface area contributed by atoms with Crippen LogP contribution in [0.2, 0.25) is 5.02 Å². The molecule has 13 heteroatoms. The number of benzene rings is 2. The number of aromatic nitrogens is 2. The van der Waals surface area contributed by atoms with Crippen LogP contribution in [0.5, 0.6) is 0 Å². The van der Waals surface area contributed by atoms with E-state index in [1.54, 1.807) is 30.3 Å². The molecule has 0 aliphatic carbocycles. The molecule has 1 aliphatic rings. The molecule has 3 heterocycles. The Morgan fingerprint density at radius 3 is 2.61 bits per heavy atom. The van der Waals surface area contributed by atoms with E-state index < -0.39 is 21.8 Å². The minimum Gasteiger partial charge on any atom is -0.324 e. The van der Waals surface area contributed by atoms with Gasteiger partial charge in [-0.1, -0.05) is 22.9 Å². The molecule has 3 amide bonds. The summed E-state index contributed by atoms with van der Waals surface area (Å²) in [6.45, 7) is 3.84. The number of carbonyl (C=O) groups is 2. The summed E-state index contributed by atoms with van der Waals surface area (Å²) in [5, 5.41) is 8.50. The molecular weight excluding hydrogens is 548 g/mol. The number of amides is 3. The highest BCUT2D eigenvalue weighted by atomic mass is 35.5. The number of fused-ring (bicyclic) bond motifs is 1. The molecule has 0 spiro atoms. The minimum absolute atomic E-state index is 0.0288. The van der Waals surface area contributed by atoms with Crippen LogP contribution in [0.25, 0.3) is 15.9 Å². The normalized spacial score (nSPS) is 14.4. The number of imide groups is 1. The smallest absolute Gasteiger partial charge is 0.324 e. The maximum atomic E-state index is 12.9. The third-order valence-electron chi connectivity index (χ3n) is 6.15. The highest BCUT2D eigenvalue weighted by Gasteiger charge is 2.20. The van der Waals surface area contributed by atoms with E-state index in [0.29, 0.717) is 16.8 Å².